The van der Waals surface area contributed by atoms with E-state index in [2.05, 4.69) is 5.23 Å². The van der Waals surface area contributed by atoms with Crippen molar-refractivity contribution in [1.82, 2.24) is 0 Å². The molecule has 0 amide bonds. The second kappa shape index (κ2) is 3.28. The zero-order chi connectivity index (χ0) is 8.27. The van der Waals surface area contributed by atoms with E-state index in [9.17, 15) is 4.39 Å². The summed E-state index contributed by atoms with van der Waals surface area (Å²) in [6.07, 6.45) is 0. The zero-order valence-corrected chi connectivity index (χ0v) is 6.39. The van der Waals surface area contributed by atoms with Crippen molar-refractivity contribution >= 4 is 18.8 Å². The molecule has 0 unspecified atom stereocenters. The molecule has 0 saturated heterocycles. The van der Waals surface area contributed by atoms with Gasteiger partial charge in [-0.1, -0.05) is 6.82 Å². The Bertz CT molecular complexity index is 252. The van der Waals surface area contributed by atoms with Crippen LogP contribution in [0.3, 0.4) is 0 Å². The number of anilines is 2. The van der Waals surface area contributed by atoms with E-state index in [4.69, 9.17) is 5.73 Å². The van der Waals surface area contributed by atoms with Crippen LogP contribution in [0.1, 0.15) is 0 Å². The fourth-order valence-corrected chi connectivity index (χ4v) is 0.869. The zero-order valence-electron chi connectivity index (χ0n) is 6.39. The van der Waals surface area contributed by atoms with Crippen molar-refractivity contribution in [1.29, 1.82) is 0 Å². The second-order valence-electron chi connectivity index (χ2n) is 2.27. The Hall–Kier alpha value is -1.19. The van der Waals surface area contributed by atoms with Gasteiger partial charge in [0.05, 0.1) is 5.69 Å². The fraction of sp³-hybridized carbons (Fsp3) is 0.143. The van der Waals surface area contributed by atoms with Crippen LogP contribution in [-0.2, 0) is 0 Å². The minimum atomic E-state index is -0.263. The maximum Gasteiger partial charge on any atom is 0.229 e. The van der Waals surface area contributed by atoms with Gasteiger partial charge in [-0.25, -0.2) is 4.39 Å². The van der Waals surface area contributed by atoms with Crippen LogP contribution in [0.4, 0.5) is 15.8 Å². The third kappa shape index (κ3) is 1.87. The van der Waals surface area contributed by atoms with Crippen molar-refractivity contribution in [3.8, 4) is 0 Å². The average Bonchev–Trinajstić information content (AvgIpc) is 1.98. The highest BCUT2D eigenvalue weighted by atomic mass is 19.1. The quantitative estimate of drug-likeness (QED) is 0.493. The molecule has 0 radical (unpaired) electrons. The third-order valence-electron chi connectivity index (χ3n) is 1.36. The van der Waals surface area contributed by atoms with Gasteiger partial charge in [-0.15, -0.1) is 0 Å². The lowest BCUT2D eigenvalue weighted by Gasteiger charge is -2.04. The van der Waals surface area contributed by atoms with E-state index in [1.54, 1.807) is 6.07 Å². The van der Waals surface area contributed by atoms with E-state index in [1.165, 1.54) is 12.1 Å². The van der Waals surface area contributed by atoms with Gasteiger partial charge in [0.1, 0.15) is 5.82 Å². The maximum absolute atomic E-state index is 12.8. The number of hydrogen-bond acceptors (Lipinski definition) is 2. The Morgan fingerprint density at radius 1 is 1.55 bits per heavy atom. The summed E-state index contributed by atoms with van der Waals surface area (Å²) < 4.78 is 12.8. The molecule has 0 saturated carbocycles. The summed E-state index contributed by atoms with van der Waals surface area (Å²) in [6.45, 7) is 1.91. The predicted octanol–water partition coefficient (Wildman–Crippen LogP) is 1.22. The van der Waals surface area contributed by atoms with Crippen molar-refractivity contribution in [2.45, 2.75) is 6.82 Å². The van der Waals surface area contributed by atoms with Crippen molar-refractivity contribution in [3.05, 3.63) is 24.0 Å². The summed E-state index contributed by atoms with van der Waals surface area (Å²) >= 11 is 0. The van der Waals surface area contributed by atoms with E-state index >= 15 is 0 Å². The first-order valence-electron chi connectivity index (χ1n) is 3.53. The molecule has 0 aliphatic heterocycles. The lowest BCUT2D eigenvalue weighted by atomic mass is 9.99. The van der Waals surface area contributed by atoms with Gasteiger partial charge in [-0.3, -0.25) is 0 Å². The number of nitrogen functional groups attached to an aromatic ring is 1. The molecule has 0 heterocycles. The molecule has 1 aromatic rings. The van der Waals surface area contributed by atoms with Crippen LogP contribution in [0.5, 0.6) is 0 Å². The van der Waals surface area contributed by atoms with Crippen LogP contribution < -0.4 is 11.0 Å². The van der Waals surface area contributed by atoms with Gasteiger partial charge in [-0.2, -0.15) is 0 Å². The van der Waals surface area contributed by atoms with Gasteiger partial charge in [0.15, 0.2) is 0 Å². The molecule has 2 nitrogen and oxygen atoms in total. The smallest absolute Gasteiger partial charge is 0.229 e. The van der Waals surface area contributed by atoms with Gasteiger partial charge >= 0.3 is 0 Å². The molecule has 0 atom stereocenters. The summed E-state index contributed by atoms with van der Waals surface area (Å²) in [5.41, 5.74) is 6.49. The standard InChI is InChI=1S/C7H10BFN2/c1-8-11-7-4-5(10)2-3-6(7)9/h2-4,8,11H,10H2,1H3. The molecule has 0 aliphatic carbocycles. The lowest BCUT2D eigenvalue weighted by Crippen LogP contribution is -2.03. The normalized spacial score (nSPS) is 9.27. The van der Waals surface area contributed by atoms with Crippen molar-refractivity contribution in [2.75, 3.05) is 11.0 Å². The molecule has 3 N–H and O–H groups in total. The Morgan fingerprint density at radius 3 is 2.91 bits per heavy atom. The van der Waals surface area contributed by atoms with Crippen LogP contribution in [-0.4, -0.2) is 7.41 Å². The second-order valence-corrected chi connectivity index (χ2v) is 2.27. The molecule has 0 bridgehead atoms. The first-order valence-corrected chi connectivity index (χ1v) is 3.53. The number of rotatable bonds is 2. The number of hydrogen-bond donors (Lipinski definition) is 2. The largest absolute Gasteiger partial charge is 0.429 e. The van der Waals surface area contributed by atoms with Crippen LogP contribution >= 0.6 is 0 Å². The van der Waals surface area contributed by atoms with Crippen LogP contribution in [0.2, 0.25) is 6.82 Å². The maximum atomic E-state index is 12.8. The van der Waals surface area contributed by atoms with Crippen molar-refractivity contribution in [2.24, 2.45) is 0 Å². The predicted molar refractivity (Wildman–Crippen MR) is 47.4 cm³/mol. The number of benzene rings is 1. The average molecular weight is 152 g/mol. The Morgan fingerprint density at radius 2 is 2.27 bits per heavy atom. The molecular weight excluding hydrogens is 142 g/mol. The van der Waals surface area contributed by atoms with Crippen molar-refractivity contribution < 1.29 is 4.39 Å². The molecule has 4 heteroatoms. The first kappa shape index (κ1) is 7.92. The highest BCUT2D eigenvalue weighted by Crippen LogP contribution is 2.16. The van der Waals surface area contributed by atoms with Gasteiger partial charge in [0.25, 0.3) is 0 Å². The Labute approximate surface area is 65.9 Å². The molecule has 11 heavy (non-hydrogen) atoms. The van der Waals surface area contributed by atoms with Gasteiger partial charge in [0.2, 0.25) is 7.41 Å². The number of nitrogens with two attached hydrogens (primary N) is 1. The number of nitrogens with one attached hydrogen (secondary N) is 1. The molecule has 58 valence electrons. The first-order chi connectivity index (χ1) is 5.24. The van der Waals surface area contributed by atoms with E-state index < -0.39 is 0 Å². The summed E-state index contributed by atoms with van der Waals surface area (Å²) in [6, 6.07) is 4.47. The third-order valence-corrected chi connectivity index (χ3v) is 1.36. The van der Waals surface area contributed by atoms with E-state index in [0.717, 1.165) is 0 Å². The van der Waals surface area contributed by atoms with E-state index in [-0.39, 0.29) is 5.82 Å². The molecular formula is C7H10BFN2. The van der Waals surface area contributed by atoms with Crippen LogP contribution in [0, 0.1) is 5.82 Å². The van der Waals surface area contributed by atoms with E-state index in [0.29, 0.717) is 18.8 Å². The summed E-state index contributed by atoms with van der Waals surface area (Å²) in [5, 5.41) is 2.86. The van der Waals surface area contributed by atoms with Crippen LogP contribution in [0.25, 0.3) is 0 Å². The van der Waals surface area contributed by atoms with Gasteiger partial charge in [0, 0.05) is 5.69 Å². The topological polar surface area (TPSA) is 38.0 Å². The summed E-state index contributed by atoms with van der Waals surface area (Å²) in [7, 11) is 0.695. The number of halogens is 1. The van der Waals surface area contributed by atoms with Crippen molar-refractivity contribution in [3.63, 3.8) is 0 Å². The molecule has 1 rings (SSSR count). The molecule has 0 aliphatic rings. The molecule has 0 aromatic heterocycles. The minimum Gasteiger partial charge on any atom is -0.429 e. The highest BCUT2D eigenvalue weighted by Gasteiger charge is 1.99. The van der Waals surface area contributed by atoms with Gasteiger partial charge < -0.3 is 11.0 Å². The molecule has 1 aromatic carbocycles. The molecule has 0 fully saturated rings. The Kier molecular flexibility index (Phi) is 2.36. The lowest BCUT2D eigenvalue weighted by molar-refractivity contribution is 0.632. The van der Waals surface area contributed by atoms with Crippen LogP contribution in [0.15, 0.2) is 18.2 Å². The summed E-state index contributed by atoms with van der Waals surface area (Å²) in [5.74, 6) is -0.263. The molecule has 0 spiro atoms. The fourth-order valence-electron chi connectivity index (χ4n) is 0.869. The van der Waals surface area contributed by atoms with E-state index in [1.807, 2.05) is 6.82 Å². The summed E-state index contributed by atoms with van der Waals surface area (Å²) in [4.78, 5) is 0. The minimum absolute atomic E-state index is 0.263. The SMILES string of the molecule is CBNc1cc(N)ccc1F. The van der Waals surface area contributed by atoms with Gasteiger partial charge in [-0.05, 0) is 18.2 Å². The monoisotopic (exact) mass is 152 g/mol. The highest BCUT2D eigenvalue weighted by molar-refractivity contribution is 6.38. The Balaban J connectivity index is 2.93.